The topological polar surface area (TPSA) is 59.9 Å². The van der Waals surface area contributed by atoms with E-state index in [1.54, 1.807) is 12.4 Å². The monoisotopic (exact) mass is 381 g/mol. The fourth-order valence-electron chi connectivity index (χ4n) is 3.37. The normalized spacial score (nSPS) is 15.2. The smallest absolute Gasteiger partial charge is 0.225 e. The minimum absolute atomic E-state index is 0.689. The largest absolute Gasteiger partial charge is 0.357 e. The molecule has 2 aromatic rings. The Balaban J connectivity index is 1.65. The molecule has 0 saturated carbocycles. The standard InChI is InChI=1S/C21H31N7/c1-4-22-20(25-16-18-8-5-6-9-19(18)17-26(2)3)27-12-14-28(15-13-27)21-23-10-7-11-24-21/h5-11H,4,12-17H2,1-3H3,(H,22,25). The minimum atomic E-state index is 0.689. The van der Waals surface area contributed by atoms with Crippen molar-refractivity contribution in [1.29, 1.82) is 0 Å². The second kappa shape index (κ2) is 10.0. The van der Waals surface area contributed by atoms with E-state index in [4.69, 9.17) is 4.99 Å². The van der Waals surface area contributed by atoms with Crippen molar-refractivity contribution < 1.29 is 0 Å². The van der Waals surface area contributed by atoms with Gasteiger partial charge in [-0.25, -0.2) is 15.0 Å². The minimum Gasteiger partial charge on any atom is -0.357 e. The number of anilines is 1. The number of benzene rings is 1. The zero-order valence-corrected chi connectivity index (χ0v) is 17.2. The number of nitrogens with zero attached hydrogens (tertiary/aromatic N) is 6. The molecule has 1 aromatic carbocycles. The molecule has 1 N–H and O–H groups in total. The van der Waals surface area contributed by atoms with Gasteiger partial charge in [-0.15, -0.1) is 0 Å². The van der Waals surface area contributed by atoms with Crippen LogP contribution < -0.4 is 10.2 Å². The first-order chi connectivity index (χ1) is 13.7. The Morgan fingerprint density at radius 1 is 1.04 bits per heavy atom. The molecular weight excluding hydrogens is 350 g/mol. The summed E-state index contributed by atoms with van der Waals surface area (Å²) in [6.45, 7) is 8.19. The second-order valence-corrected chi connectivity index (χ2v) is 7.20. The van der Waals surface area contributed by atoms with Gasteiger partial charge in [0.15, 0.2) is 5.96 Å². The Hall–Kier alpha value is -2.67. The van der Waals surface area contributed by atoms with Gasteiger partial charge in [-0.3, -0.25) is 0 Å². The van der Waals surface area contributed by atoms with Crippen LogP contribution in [0.4, 0.5) is 5.95 Å². The number of nitrogens with one attached hydrogen (secondary N) is 1. The van der Waals surface area contributed by atoms with Crippen LogP contribution in [0, 0.1) is 0 Å². The van der Waals surface area contributed by atoms with Gasteiger partial charge in [0.25, 0.3) is 0 Å². The lowest BCUT2D eigenvalue weighted by Crippen LogP contribution is -2.53. The van der Waals surface area contributed by atoms with Crippen LogP contribution in [0.5, 0.6) is 0 Å². The maximum absolute atomic E-state index is 4.94. The highest BCUT2D eigenvalue weighted by Crippen LogP contribution is 2.13. The van der Waals surface area contributed by atoms with Crippen LogP contribution in [0.3, 0.4) is 0 Å². The van der Waals surface area contributed by atoms with Crippen LogP contribution >= 0.6 is 0 Å². The Morgan fingerprint density at radius 3 is 2.36 bits per heavy atom. The summed E-state index contributed by atoms with van der Waals surface area (Å²) in [5.41, 5.74) is 2.61. The van der Waals surface area contributed by atoms with Crippen LogP contribution in [-0.2, 0) is 13.1 Å². The van der Waals surface area contributed by atoms with Crippen molar-refractivity contribution in [3.63, 3.8) is 0 Å². The molecule has 1 saturated heterocycles. The van der Waals surface area contributed by atoms with Gasteiger partial charge in [-0.05, 0) is 38.2 Å². The summed E-state index contributed by atoms with van der Waals surface area (Å²) in [5.74, 6) is 1.79. The summed E-state index contributed by atoms with van der Waals surface area (Å²) < 4.78 is 0. The fourth-order valence-corrected chi connectivity index (χ4v) is 3.37. The molecular formula is C21H31N7. The summed E-state index contributed by atoms with van der Waals surface area (Å²) >= 11 is 0. The molecule has 150 valence electrons. The quantitative estimate of drug-likeness (QED) is 0.609. The van der Waals surface area contributed by atoms with Crippen molar-refractivity contribution in [2.45, 2.75) is 20.0 Å². The molecule has 1 aromatic heterocycles. The number of rotatable bonds is 6. The summed E-state index contributed by atoms with van der Waals surface area (Å²) in [6.07, 6.45) is 3.59. The second-order valence-electron chi connectivity index (χ2n) is 7.20. The molecule has 1 fully saturated rings. The molecule has 7 heteroatoms. The number of piperazine rings is 1. The Morgan fingerprint density at radius 2 is 1.71 bits per heavy atom. The molecule has 3 rings (SSSR count). The maximum atomic E-state index is 4.94. The van der Waals surface area contributed by atoms with E-state index in [1.165, 1.54) is 11.1 Å². The molecule has 7 nitrogen and oxygen atoms in total. The number of aromatic nitrogens is 2. The molecule has 28 heavy (non-hydrogen) atoms. The average molecular weight is 382 g/mol. The van der Waals surface area contributed by atoms with E-state index in [-0.39, 0.29) is 0 Å². The first-order valence-electron chi connectivity index (χ1n) is 9.94. The van der Waals surface area contributed by atoms with E-state index in [2.05, 4.69) is 75.3 Å². The third-order valence-electron chi connectivity index (χ3n) is 4.75. The summed E-state index contributed by atoms with van der Waals surface area (Å²) in [6, 6.07) is 10.4. The average Bonchev–Trinajstić information content (AvgIpc) is 2.72. The zero-order valence-electron chi connectivity index (χ0n) is 17.2. The molecule has 2 heterocycles. The summed E-state index contributed by atoms with van der Waals surface area (Å²) in [5, 5.41) is 3.45. The van der Waals surface area contributed by atoms with Crippen molar-refractivity contribution in [2.75, 3.05) is 51.7 Å². The molecule has 1 aliphatic rings. The molecule has 0 unspecified atom stereocenters. The summed E-state index contributed by atoms with van der Waals surface area (Å²) in [4.78, 5) is 20.4. The van der Waals surface area contributed by atoms with Crippen LogP contribution in [0.2, 0.25) is 0 Å². The molecule has 0 spiro atoms. The van der Waals surface area contributed by atoms with Gasteiger partial charge in [0, 0.05) is 51.7 Å². The van der Waals surface area contributed by atoms with Crippen molar-refractivity contribution in [3.05, 3.63) is 53.9 Å². The van der Waals surface area contributed by atoms with E-state index in [9.17, 15) is 0 Å². The Bertz CT molecular complexity index is 752. The van der Waals surface area contributed by atoms with Crippen LogP contribution in [0.1, 0.15) is 18.1 Å². The number of hydrogen-bond acceptors (Lipinski definition) is 5. The highest BCUT2D eigenvalue weighted by atomic mass is 15.4. The first kappa shape index (κ1) is 20.1. The zero-order chi connectivity index (χ0) is 19.8. The number of hydrogen-bond donors (Lipinski definition) is 1. The third kappa shape index (κ3) is 5.42. The van der Waals surface area contributed by atoms with Crippen LogP contribution in [0.25, 0.3) is 0 Å². The predicted octanol–water partition coefficient (Wildman–Crippen LogP) is 1.83. The van der Waals surface area contributed by atoms with Crippen molar-refractivity contribution >= 4 is 11.9 Å². The van der Waals surface area contributed by atoms with Gasteiger partial charge in [0.05, 0.1) is 6.54 Å². The van der Waals surface area contributed by atoms with Crippen LogP contribution in [-0.4, -0.2) is 72.5 Å². The van der Waals surface area contributed by atoms with Gasteiger partial charge in [-0.1, -0.05) is 24.3 Å². The van der Waals surface area contributed by atoms with Gasteiger partial charge < -0.3 is 20.0 Å². The number of guanidine groups is 1. The van der Waals surface area contributed by atoms with Gasteiger partial charge in [0.2, 0.25) is 5.95 Å². The fraction of sp³-hybridized carbons (Fsp3) is 0.476. The van der Waals surface area contributed by atoms with E-state index < -0.39 is 0 Å². The Labute approximate surface area is 168 Å². The van der Waals surface area contributed by atoms with Gasteiger partial charge in [-0.2, -0.15) is 0 Å². The van der Waals surface area contributed by atoms with E-state index in [1.807, 2.05) is 6.07 Å². The maximum Gasteiger partial charge on any atom is 0.225 e. The summed E-state index contributed by atoms with van der Waals surface area (Å²) in [7, 11) is 4.19. The highest BCUT2D eigenvalue weighted by Gasteiger charge is 2.21. The van der Waals surface area contributed by atoms with Crippen molar-refractivity contribution in [2.24, 2.45) is 4.99 Å². The molecule has 0 aliphatic carbocycles. The molecule has 0 radical (unpaired) electrons. The molecule has 0 bridgehead atoms. The lowest BCUT2D eigenvalue weighted by molar-refractivity contribution is 0.370. The van der Waals surface area contributed by atoms with E-state index >= 15 is 0 Å². The highest BCUT2D eigenvalue weighted by molar-refractivity contribution is 5.80. The van der Waals surface area contributed by atoms with Crippen LogP contribution in [0.15, 0.2) is 47.7 Å². The van der Waals surface area contributed by atoms with E-state index in [0.717, 1.165) is 51.2 Å². The Kier molecular flexibility index (Phi) is 7.19. The van der Waals surface area contributed by atoms with Gasteiger partial charge >= 0.3 is 0 Å². The SMILES string of the molecule is CCNC(=NCc1ccccc1CN(C)C)N1CCN(c2ncccn2)CC1. The molecule has 0 amide bonds. The third-order valence-corrected chi connectivity index (χ3v) is 4.75. The molecule has 0 atom stereocenters. The lowest BCUT2D eigenvalue weighted by atomic mass is 10.1. The van der Waals surface area contributed by atoms with Gasteiger partial charge in [0.1, 0.15) is 0 Å². The van der Waals surface area contributed by atoms with Crippen molar-refractivity contribution in [3.8, 4) is 0 Å². The van der Waals surface area contributed by atoms with Crippen molar-refractivity contribution in [1.82, 2.24) is 25.1 Å². The lowest BCUT2D eigenvalue weighted by Gasteiger charge is -2.36. The van der Waals surface area contributed by atoms with E-state index in [0.29, 0.717) is 6.54 Å². The number of aliphatic imine (C=N–C) groups is 1. The first-order valence-corrected chi connectivity index (χ1v) is 9.94. The molecule has 1 aliphatic heterocycles. The predicted molar refractivity (Wildman–Crippen MR) is 114 cm³/mol.